The van der Waals surface area contributed by atoms with E-state index in [9.17, 15) is 14.4 Å². The first-order valence-electron chi connectivity index (χ1n) is 6.54. The molecule has 0 atom stereocenters. The Bertz CT molecular complexity index is 782. The van der Waals surface area contributed by atoms with E-state index in [1.807, 2.05) is 0 Å². The minimum absolute atomic E-state index is 0.171. The van der Waals surface area contributed by atoms with Gasteiger partial charge in [0.2, 0.25) is 0 Å². The highest BCUT2D eigenvalue weighted by molar-refractivity contribution is 6.36. The van der Waals surface area contributed by atoms with Crippen molar-refractivity contribution in [1.82, 2.24) is 5.32 Å². The zero-order chi connectivity index (χ0) is 15.9. The maximum Gasteiger partial charge on any atom is 0.266 e. The molecule has 1 aliphatic rings. The van der Waals surface area contributed by atoms with Crippen LogP contribution < -0.4 is 10.2 Å². The molecule has 2 aromatic rings. The molecule has 0 saturated carbocycles. The lowest BCUT2D eigenvalue weighted by Crippen LogP contribution is -2.32. The summed E-state index contributed by atoms with van der Waals surface area (Å²) in [5, 5.41) is 2.82. The summed E-state index contributed by atoms with van der Waals surface area (Å²) >= 11 is 5.92. The summed E-state index contributed by atoms with van der Waals surface area (Å²) in [5.74, 6) is -1.32. The average molecular weight is 315 g/mol. The summed E-state index contributed by atoms with van der Waals surface area (Å²) in [6.45, 7) is 0. The fourth-order valence-corrected chi connectivity index (χ4v) is 2.60. The third-order valence-electron chi connectivity index (χ3n) is 3.47. The van der Waals surface area contributed by atoms with Gasteiger partial charge in [-0.3, -0.25) is 14.4 Å². The quantitative estimate of drug-likeness (QED) is 0.866. The number of nitrogens with one attached hydrogen (secondary N) is 1. The summed E-state index contributed by atoms with van der Waals surface area (Å²) in [7, 11) is 1.47. The van der Waals surface area contributed by atoms with Crippen molar-refractivity contribution < 1.29 is 14.4 Å². The first-order chi connectivity index (χ1) is 10.5. The van der Waals surface area contributed by atoms with Gasteiger partial charge in [0.15, 0.2) is 0 Å². The van der Waals surface area contributed by atoms with Crippen LogP contribution in [0.25, 0.3) is 0 Å². The van der Waals surface area contributed by atoms with Crippen LogP contribution in [0.3, 0.4) is 0 Å². The van der Waals surface area contributed by atoms with Crippen molar-refractivity contribution in [2.45, 2.75) is 0 Å². The van der Waals surface area contributed by atoms with Gasteiger partial charge < -0.3 is 5.32 Å². The van der Waals surface area contributed by atoms with Crippen molar-refractivity contribution >= 4 is 35.0 Å². The average Bonchev–Trinajstić information content (AvgIpc) is 2.79. The van der Waals surface area contributed by atoms with Crippen LogP contribution >= 0.6 is 11.6 Å². The van der Waals surface area contributed by atoms with Gasteiger partial charge >= 0.3 is 0 Å². The monoisotopic (exact) mass is 314 g/mol. The number of hydrogen-bond donors (Lipinski definition) is 1. The number of imide groups is 1. The van der Waals surface area contributed by atoms with Gasteiger partial charge in [-0.15, -0.1) is 0 Å². The third kappa shape index (κ3) is 2.07. The molecule has 0 bridgehead atoms. The zero-order valence-corrected chi connectivity index (χ0v) is 12.3. The first kappa shape index (κ1) is 14.3. The lowest BCUT2D eigenvalue weighted by molar-refractivity contribution is 0.0926. The number of hydrogen-bond acceptors (Lipinski definition) is 3. The molecule has 0 radical (unpaired) electrons. The smallest absolute Gasteiger partial charge is 0.266 e. The van der Waals surface area contributed by atoms with Gasteiger partial charge in [0.25, 0.3) is 17.7 Å². The van der Waals surface area contributed by atoms with Gasteiger partial charge in [-0.05, 0) is 30.3 Å². The highest BCUT2D eigenvalue weighted by Gasteiger charge is 2.37. The van der Waals surface area contributed by atoms with E-state index in [4.69, 9.17) is 11.6 Å². The summed E-state index contributed by atoms with van der Waals surface area (Å²) in [4.78, 5) is 38.0. The van der Waals surface area contributed by atoms with Crippen molar-refractivity contribution in [2.24, 2.45) is 0 Å². The van der Waals surface area contributed by atoms with Crippen LogP contribution in [0.5, 0.6) is 0 Å². The van der Waals surface area contributed by atoms with Gasteiger partial charge in [-0.25, -0.2) is 4.90 Å². The van der Waals surface area contributed by atoms with Crippen molar-refractivity contribution in [3.05, 3.63) is 64.2 Å². The standard InChI is InChI=1S/C16H11ClN2O3/c1-18-14(20)12-8-9(17)6-7-13(12)19-15(21)10-4-2-3-5-11(10)16(19)22/h2-8H,1H3,(H,18,20). The fraction of sp³-hybridized carbons (Fsp3) is 0.0625. The van der Waals surface area contributed by atoms with Gasteiger partial charge in [-0.1, -0.05) is 23.7 Å². The number of carbonyl (C=O) groups is 3. The van der Waals surface area contributed by atoms with Crippen LogP contribution in [0.4, 0.5) is 5.69 Å². The lowest BCUT2D eigenvalue weighted by atomic mass is 10.1. The van der Waals surface area contributed by atoms with Crippen molar-refractivity contribution in [3.63, 3.8) is 0 Å². The second-order valence-electron chi connectivity index (χ2n) is 4.73. The van der Waals surface area contributed by atoms with Gasteiger partial charge in [0.1, 0.15) is 0 Å². The number of benzene rings is 2. The number of fused-ring (bicyclic) bond motifs is 1. The Kier molecular flexibility index (Phi) is 3.42. The largest absolute Gasteiger partial charge is 0.355 e. The van der Waals surface area contributed by atoms with Crippen LogP contribution in [-0.4, -0.2) is 24.8 Å². The molecule has 1 heterocycles. The van der Waals surface area contributed by atoms with E-state index in [-0.39, 0.29) is 11.3 Å². The maximum atomic E-state index is 12.5. The number of rotatable bonds is 2. The number of amides is 3. The molecule has 1 aliphatic heterocycles. The summed E-state index contributed by atoms with van der Waals surface area (Å²) in [6, 6.07) is 11.0. The fourth-order valence-electron chi connectivity index (χ4n) is 2.43. The zero-order valence-electron chi connectivity index (χ0n) is 11.6. The minimum Gasteiger partial charge on any atom is -0.355 e. The van der Waals surface area contributed by atoms with Gasteiger partial charge in [-0.2, -0.15) is 0 Å². The van der Waals surface area contributed by atoms with Crippen molar-refractivity contribution in [3.8, 4) is 0 Å². The number of anilines is 1. The predicted molar refractivity (Wildman–Crippen MR) is 82.4 cm³/mol. The SMILES string of the molecule is CNC(=O)c1cc(Cl)ccc1N1C(=O)c2ccccc2C1=O. The van der Waals surface area contributed by atoms with E-state index in [0.29, 0.717) is 16.1 Å². The molecule has 0 unspecified atom stereocenters. The lowest BCUT2D eigenvalue weighted by Gasteiger charge is -2.17. The van der Waals surface area contributed by atoms with Crippen molar-refractivity contribution in [2.75, 3.05) is 11.9 Å². The second kappa shape index (κ2) is 5.27. The molecular formula is C16H11ClN2O3. The molecule has 0 spiro atoms. The minimum atomic E-state index is -0.451. The number of halogens is 1. The Morgan fingerprint density at radius 2 is 1.64 bits per heavy atom. The van der Waals surface area contributed by atoms with Crippen LogP contribution in [-0.2, 0) is 0 Å². The Hall–Kier alpha value is -2.66. The van der Waals surface area contributed by atoms with Crippen molar-refractivity contribution in [1.29, 1.82) is 0 Å². The molecule has 0 aliphatic carbocycles. The second-order valence-corrected chi connectivity index (χ2v) is 5.17. The Labute approximate surface area is 131 Å². The predicted octanol–water partition coefficient (Wildman–Crippen LogP) is 2.50. The Balaban J connectivity index is 2.16. The van der Waals surface area contributed by atoms with Gasteiger partial charge in [0, 0.05) is 12.1 Å². The van der Waals surface area contributed by atoms with Crippen LogP contribution in [0, 0.1) is 0 Å². The summed E-state index contributed by atoms with van der Waals surface area (Å²) in [5.41, 5.74) is 1.04. The topological polar surface area (TPSA) is 66.5 Å². The van der Waals surface area contributed by atoms with Crippen LogP contribution in [0.15, 0.2) is 42.5 Å². The Morgan fingerprint density at radius 1 is 1.05 bits per heavy atom. The molecule has 22 heavy (non-hydrogen) atoms. The molecule has 0 fully saturated rings. The van der Waals surface area contributed by atoms with E-state index < -0.39 is 17.7 Å². The molecule has 1 N–H and O–H groups in total. The molecule has 2 aromatic carbocycles. The highest BCUT2D eigenvalue weighted by atomic mass is 35.5. The molecule has 110 valence electrons. The molecule has 5 nitrogen and oxygen atoms in total. The molecule has 0 saturated heterocycles. The molecule has 3 amide bonds. The van der Waals surface area contributed by atoms with Crippen LogP contribution in [0.2, 0.25) is 5.02 Å². The maximum absolute atomic E-state index is 12.5. The summed E-state index contributed by atoms with van der Waals surface area (Å²) < 4.78 is 0. The number of nitrogens with zero attached hydrogens (tertiary/aromatic N) is 1. The van der Waals surface area contributed by atoms with E-state index >= 15 is 0 Å². The normalized spacial score (nSPS) is 13.3. The number of carbonyl (C=O) groups excluding carboxylic acids is 3. The molecular weight excluding hydrogens is 304 g/mol. The van der Waals surface area contributed by atoms with E-state index in [2.05, 4.69) is 5.32 Å². The third-order valence-corrected chi connectivity index (χ3v) is 3.70. The highest BCUT2D eigenvalue weighted by Crippen LogP contribution is 2.32. The first-order valence-corrected chi connectivity index (χ1v) is 6.92. The molecule has 3 rings (SSSR count). The molecule has 6 heteroatoms. The van der Waals surface area contributed by atoms with Crippen LogP contribution in [0.1, 0.15) is 31.1 Å². The Morgan fingerprint density at radius 3 is 2.18 bits per heavy atom. The van der Waals surface area contributed by atoms with Gasteiger partial charge in [0.05, 0.1) is 22.4 Å². The summed E-state index contributed by atoms with van der Waals surface area (Å²) in [6.07, 6.45) is 0. The van der Waals surface area contributed by atoms with E-state index in [0.717, 1.165) is 4.90 Å². The molecule has 0 aromatic heterocycles. The van der Waals surface area contributed by atoms with E-state index in [1.54, 1.807) is 24.3 Å². The van der Waals surface area contributed by atoms with E-state index in [1.165, 1.54) is 25.2 Å².